The second-order valence-electron chi connectivity index (χ2n) is 5.98. The number of nitrogens with two attached hydrogens (primary N) is 1. The van der Waals surface area contributed by atoms with Gasteiger partial charge in [-0.2, -0.15) is 5.10 Å². The van der Waals surface area contributed by atoms with Crippen molar-refractivity contribution in [2.24, 2.45) is 5.73 Å². The number of methoxy groups -OCH3 is 2. The van der Waals surface area contributed by atoms with Crippen LogP contribution in [0.1, 0.15) is 32.0 Å². The molecule has 0 aliphatic carbocycles. The van der Waals surface area contributed by atoms with E-state index in [4.69, 9.17) is 15.2 Å². The summed E-state index contributed by atoms with van der Waals surface area (Å²) in [5.74, 6) is 1.36. The molecule has 21 heavy (non-hydrogen) atoms. The first kappa shape index (κ1) is 15.4. The smallest absolute Gasteiger partial charge is 0.165 e. The van der Waals surface area contributed by atoms with Crippen LogP contribution in [0.2, 0.25) is 0 Å². The van der Waals surface area contributed by atoms with Crippen LogP contribution in [0.15, 0.2) is 18.3 Å². The van der Waals surface area contributed by atoms with Crippen LogP contribution in [0.5, 0.6) is 11.5 Å². The summed E-state index contributed by atoms with van der Waals surface area (Å²) >= 11 is 0. The van der Waals surface area contributed by atoms with Crippen molar-refractivity contribution < 1.29 is 9.47 Å². The highest BCUT2D eigenvalue weighted by Crippen LogP contribution is 2.38. The number of H-pyrrole nitrogens is 1. The third-order valence-electron chi connectivity index (χ3n) is 3.48. The third kappa shape index (κ3) is 2.88. The summed E-state index contributed by atoms with van der Waals surface area (Å²) < 4.78 is 10.8. The lowest BCUT2D eigenvalue weighted by Crippen LogP contribution is -2.13. The molecule has 0 radical (unpaired) electrons. The number of aromatic nitrogens is 2. The van der Waals surface area contributed by atoms with Gasteiger partial charge in [0.2, 0.25) is 0 Å². The first-order valence-electron chi connectivity index (χ1n) is 6.91. The van der Waals surface area contributed by atoms with E-state index in [1.54, 1.807) is 14.2 Å². The highest BCUT2D eigenvalue weighted by molar-refractivity contribution is 5.71. The zero-order valence-corrected chi connectivity index (χ0v) is 13.3. The summed E-state index contributed by atoms with van der Waals surface area (Å²) in [7, 11) is 3.25. The van der Waals surface area contributed by atoms with Crippen molar-refractivity contribution in [3.8, 4) is 22.6 Å². The Labute approximate surface area is 125 Å². The van der Waals surface area contributed by atoms with Gasteiger partial charge in [0.25, 0.3) is 0 Å². The molecular weight excluding hydrogens is 266 g/mol. The average Bonchev–Trinajstić information content (AvgIpc) is 2.95. The Balaban J connectivity index is 2.63. The number of benzene rings is 1. The second kappa shape index (κ2) is 5.77. The molecule has 0 saturated carbocycles. The van der Waals surface area contributed by atoms with Crippen molar-refractivity contribution in [1.29, 1.82) is 0 Å². The quantitative estimate of drug-likeness (QED) is 0.907. The standard InChI is InChI=1S/C16H23N3O2/c1-16(2,3)15-12(9-18-19-15)10-6-11(8-17)14(21-5)13(7-10)20-4/h6-7,9H,8,17H2,1-5H3,(H,18,19). The van der Waals surface area contributed by atoms with Gasteiger partial charge in [0.05, 0.1) is 20.4 Å². The Morgan fingerprint density at radius 2 is 1.90 bits per heavy atom. The number of nitrogens with one attached hydrogen (secondary N) is 1. The number of aromatic amines is 1. The minimum absolute atomic E-state index is 0.0259. The van der Waals surface area contributed by atoms with E-state index in [1.807, 2.05) is 18.3 Å². The molecule has 5 heteroatoms. The molecule has 2 aromatic rings. The van der Waals surface area contributed by atoms with E-state index in [2.05, 4.69) is 31.0 Å². The lowest BCUT2D eigenvalue weighted by molar-refractivity contribution is 0.352. The summed E-state index contributed by atoms with van der Waals surface area (Å²) in [6, 6.07) is 3.99. The van der Waals surface area contributed by atoms with Crippen molar-refractivity contribution in [2.75, 3.05) is 14.2 Å². The van der Waals surface area contributed by atoms with E-state index >= 15 is 0 Å². The number of rotatable bonds is 4. The molecule has 1 aromatic carbocycles. The molecule has 0 spiro atoms. The normalized spacial score (nSPS) is 11.5. The maximum atomic E-state index is 5.84. The highest BCUT2D eigenvalue weighted by Gasteiger charge is 2.22. The van der Waals surface area contributed by atoms with E-state index in [-0.39, 0.29) is 5.41 Å². The zero-order chi connectivity index (χ0) is 15.6. The van der Waals surface area contributed by atoms with Crippen LogP contribution in [0, 0.1) is 0 Å². The molecule has 3 N–H and O–H groups in total. The van der Waals surface area contributed by atoms with Gasteiger partial charge in [-0.1, -0.05) is 20.8 Å². The topological polar surface area (TPSA) is 73.2 Å². The molecule has 0 aliphatic rings. The maximum absolute atomic E-state index is 5.84. The lowest BCUT2D eigenvalue weighted by Gasteiger charge is -2.20. The fourth-order valence-electron chi connectivity index (χ4n) is 2.43. The molecular formula is C16H23N3O2. The molecule has 0 saturated heterocycles. The Morgan fingerprint density at radius 1 is 1.19 bits per heavy atom. The van der Waals surface area contributed by atoms with Crippen LogP contribution in [0.3, 0.4) is 0 Å². The number of ether oxygens (including phenoxy) is 2. The van der Waals surface area contributed by atoms with Gasteiger partial charge in [-0.3, -0.25) is 5.10 Å². The number of hydrogen-bond acceptors (Lipinski definition) is 4. The molecule has 0 amide bonds. The lowest BCUT2D eigenvalue weighted by atomic mass is 9.87. The summed E-state index contributed by atoms with van der Waals surface area (Å²) in [6.45, 7) is 6.83. The van der Waals surface area contributed by atoms with E-state index < -0.39 is 0 Å². The molecule has 0 atom stereocenters. The van der Waals surface area contributed by atoms with Crippen molar-refractivity contribution in [1.82, 2.24) is 10.2 Å². The summed E-state index contributed by atoms with van der Waals surface area (Å²) in [4.78, 5) is 0. The summed E-state index contributed by atoms with van der Waals surface area (Å²) in [5.41, 5.74) is 9.88. The number of hydrogen-bond donors (Lipinski definition) is 2. The van der Waals surface area contributed by atoms with Crippen LogP contribution in [-0.4, -0.2) is 24.4 Å². The Bertz CT molecular complexity index is 602. The largest absolute Gasteiger partial charge is 0.493 e. The number of nitrogens with zero attached hydrogens (tertiary/aromatic N) is 1. The van der Waals surface area contributed by atoms with Crippen LogP contribution in [0.4, 0.5) is 0 Å². The molecule has 114 valence electrons. The zero-order valence-electron chi connectivity index (χ0n) is 13.3. The summed E-state index contributed by atoms with van der Waals surface area (Å²) in [5, 5.41) is 7.28. The Hall–Kier alpha value is -2.01. The first-order chi connectivity index (χ1) is 9.92. The molecule has 5 nitrogen and oxygen atoms in total. The van der Waals surface area contributed by atoms with Crippen molar-refractivity contribution >= 4 is 0 Å². The van der Waals surface area contributed by atoms with Crippen molar-refractivity contribution in [3.63, 3.8) is 0 Å². The minimum atomic E-state index is -0.0259. The fourth-order valence-corrected chi connectivity index (χ4v) is 2.43. The van der Waals surface area contributed by atoms with Gasteiger partial charge < -0.3 is 15.2 Å². The van der Waals surface area contributed by atoms with Crippen LogP contribution < -0.4 is 15.2 Å². The Morgan fingerprint density at radius 3 is 2.43 bits per heavy atom. The van der Waals surface area contributed by atoms with Gasteiger partial charge in [0.1, 0.15) is 0 Å². The van der Waals surface area contributed by atoms with E-state index in [0.717, 1.165) is 22.4 Å². The van der Waals surface area contributed by atoms with E-state index in [1.165, 1.54) is 0 Å². The molecule has 0 bridgehead atoms. The minimum Gasteiger partial charge on any atom is -0.493 e. The van der Waals surface area contributed by atoms with Crippen LogP contribution in [0.25, 0.3) is 11.1 Å². The SMILES string of the molecule is COc1cc(-c2cn[nH]c2C(C)(C)C)cc(CN)c1OC. The second-order valence-corrected chi connectivity index (χ2v) is 5.98. The molecule has 0 unspecified atom stereocenters. The average molecular weight is 289 g/mol. The summed E-state index contributed by atoms with van der Waals surface area (Å²) in [6.07, 6.45) is 1.84. The van der Waals surface area contributed by atoms with Crippen LogP contribution in [-0.2, 0) is 12.0 Å². The highest BCUT2D eigenvalue weighted by atomic mass is 16.5. The molecule has 1 heterocycles. The van der Waals surface area contributed by atoms with Gasteiger partial charge in [-0.15, -0.1) is 0 Å². The van der Waals surface area contributed by atoms with Gasteiger partial charge in [0.15, 0.2) is 11.5 Å². The van der Waals surface area contributed by atoms with E-state index in [0.29, 0.717) is 18.0 Å². The predicted molar refractivity (Wildman–Crippen MR) is 83.7 cm³/mol. The molecule has 1 aromatic heterocycles. The Kier molecular flexibility index (Phi) is 4.23. The van der Waals surface area contributed by atoms with Gasteiger partial charge >= 0.3 is 0 Å². The van der Waals surface area contributed by atoms with Crippen molar-refractivity contribution in [2.45, 2.75) is 32.7 Å². The van der Waals surface area contributed by atoms with Gasteiger partial charge in [0, 0.05) is 28.8 Å². The van der Waals surface area contributed by atoms with Crippen molar-refractivity contribution in [3.05, 3.63) is 29.6 Å². The molecule has 0 fully saturated rings. The maximum Gasteiger partial charge on any atom is 0.165 e. The first-order valence-corrected chi connectivity index (χ1v) is 6.91. The molecule has 2 rings (SSSR count). The third-order valence-corrected chi connectivity index (χ3v) is 3.48. The fraction of sp³-hybridized carbons (Fsp3) is 0.438. The monoisotopic (exact) mass is 289 g/mol. The predicted octanol–water partition coefficient (Wildman–Crippen LogP) is 2.85. The van der Waals surface area contributed by atoms with Gasteiger partial charge in [-0.25, -0.2) is 0 Å². The van der Waals surface area contributed by atoms with Gasteiger partial charge in [-0.05, 0) is 17.7 Å². The molecule has 0 aliphatic heterocycles. The van der Waals surface area contributed by atoms with Crippen LogP contribution >= 0.6 is 0 Å². The van der Waals surface area contributed by atoms with E-state index in [9.17, 15) is 0 Å².